The van der Waals surface area contributed by atoms with Gasteiger partial charge in [0.1, 0.15) is 0 Å². The Morgan fingerprint density at radius 2 is 2.00 bits per heavy atom. The Bertz CT molecular complexity index is 220. The van der Waals surface area contributed by atoms with Gasteiger partial charge in [0.15, 0.2) is 0 Å². The number of hydrogen-bond acceptors (Lipinski definition) is 1. The predicted octanol–water partition coefficient (Wildman–Crippen LogP) is 3.17. The molecule has 0 spiro atoms. The summed E-state index contributed by atoms with van der Waals surface area (Å²) in [5.74, 6) is 1.33. The van der Waals surface area contributed by atoms with Crippen LogP contribution in [-0.2, 0) is 4.79 Å². The summed E-state index contributed by atoms with van der Waals surface area (Å²) in [6.07, 6.45) is 2.37. The van der Waals surface area contributed by atoms with E-state index in [0.29, 0.717) is 29.6 Å². The van der Waals surface area contributed by atoms with Crippen molar-refractivity contribution in [2.75, 3.05) is 0 Å². The molecule has 1 rings (SSSR count). The van der Waals surface area contributed by atoms with E-state index in [1.54, 1.807) is 0 Å². The largest absolute Gasteiger partial charge is 0.481 e. The Morgan fingerprint density at radius 1 is 1.43 bits per heavy atom. The minimum atomic E-state index is -0.658. The molecule has 2 nitrogen and oxygen atoms in total. The Morgan fingerprint density at radius 3 is 2.36 bits per heavy atom. The fourth-order valence-electron chi connectivity index (χ4n) is 2.84. The van der Waals surface area contributed by atoms with Crippen molar-refractivity contribution in [1.82, 2.24) is 0 Å². The Kier molecular flexibility index (Phi) is 3.23. The molecule has 0 saturated heterocycles. The topological polar surface area (TPSA) is 37.3 Å². The van der Waals surface area contributed by atoms with Gasteiger partial charge in [-0.2, -0.15) is 0 Å². The molecule has 1 aliphatic rings. The monoisotopic (exact) mass is 198 g/mol. The molecule has 82 valence electrons. The van der Waals surface area contributed by atoms with Crippen molar-refractivity contribution in [3.8, 4) is 0 Å². The van der Waals surface area contributed by atoms with E-state index in [1.807, 2.05) is 0 Å². The molecule has 1 fully saturated rings. The van der Waals surface area contributed by atoms with Crippen molar-refractivity contribution in [3.05, 3.63) is 0 Å². The lowest BCUT2D eigenvalue weighted by Gasteiger charge is -2.25. The van der Waals surface area contributed by atoms with Crippen LogP contribution < -0.4 is 0 Å². The normalized spacial score (nSPS) is 35.9. The van der Waals surface area contributed by atoms with Gasteiger partial charge in [0.25, 0.3) is 0 Å². The third-order valence-electron chi connectivity index (χ3n) is 4.28. The fraction of sp³-hybridized carbons (Fsp3) is 0.917. The van der Waals surface area contributed by atoms with Gasteiger partial charge in [0, 0.05) is 6.42 Å². The van der Waals surface area contributed by atoms with Gasteiger partial charge in [-0.05, 0) is 36.0 Å². The van der Waals surface area contributed by atoms with Crippen LogP contribution in [0.1, 0.15) is 47.0 Å². The van der Waals surface area contributed by atoms with Crippen molar-refractivity contribution >= 4 is 5.97 Å². The van der Waals surface area contributed by atoms with E-state index in [-0.39, 0.29) is 0 Å². The summed E-state index contributed by atoms with van der Waals surface area (Å²) in [6.45, 7) is 9.17. The standard InChI is InChI=1S/C12H22O2/c1-8-9(2)12(3,4)7-10(8)5-6-11(13)14/h8-10H,5-7H2,1-4H3,(H,13,14)/t8-,9-,10+/m0/s1. The third kappa shape index (κ3) is 2.28. The predicted molar refractivity (Wildman–Crippen MR) is 57.1 cm³/mol. The lowest BCUT2D eigenvalue weighted by atomic mass is 9.81. The second kappa shape index (κ2) is 3.92. The molecule has 0 aromatic rings. The molecule has 1 N–H and O–H groups in total. The van der Waals surface area contributed by atoms with Crippen LogP contribution in [0.3, 0.4) is 0 Å². The molecule has 0 unspecified atom stereocenters. The number of hydrogen-bond donors (Lipinski definition) is 1. The zero-order chi connectivity index (χ0) is 10.9. The average molecular weight is 198 g/mol. The average Bonchev–Trinajstić information content (AvgIpc) is 2.26. The lowest BCUT2D eigenvalue weighted by molar-refractivity contribution is -0.137. The molecule has 1 saturated carbocycles. The molecule has 0 amide bonds. The first-order chi connectivity index (χ1) is 6.34. The van der Waals surface area contributed by atoms with E-state index in [1.165, 1.54) is 6.42 Å². The van der Waals surface area contributed by atoms with Gasteiger partial charge in [-0.3, -0.25) is 4.79 Å². The van der Waals surface area contributed by atoms with Crippen LogP contribution in [0.5, 0.6) is 0 Å². The fourth-order valence-corrected chi connectivity index (χ4v) is 2.84. The molecule has 1 aliphatic carbocycles. The third-order valence-corrected chi connectivity index (χ3v) is 4.28. The van der Waals surface area contributed by atoms with E-state index in [2.05, 4.69) is 27.7 Å². The zero-order valence-electron chi connectivity index (χ0n) is 9.71. The van der Waals surface area contributed by atoms with Gasteiger partial charge < -0.3 is 5.11 Å². The molecule has 0 aromatic carbocycles. The van der Waals surface area contributed by atoms with Gasteiger partial charge >= 0.3 is 5.97 Å². The van der Waals surface area contributed by atoms with Crippen molar-refractivity contribution in [2.24, 2.45) is 23.2 Å². The molecule has 0 heterocycles. The highest BCUT2D eigenvalue weighted by Gasteiger charge is 2.42. The molecular weight excluding hydrogens is 176 g/mol. The van der Waals surface area contributed by atoms with Crippen LogP contribution in [0.25, 0.3) is 0 Å². The van der Waals surface area contributed by atoms with Gasteiger partial charge in [-0.1, -0.05) is 27.7 Å². The van der Waals surface area contributed by atoms with E-state index >= 15 is 0 Å². The van der Waals surface area contributed by atoms with E-state index in [9.17, 15) is 4.79 Å². The van der Waals surface area contributed by atoms with Crippen LogP contribution in [0.2, 0.25) is 0 Å². The van der Waals surface area contributed by atoms with Crippen molar-refractivity contribution in [1.29, 1.82) is 0 Å². The van der Waals surface area contributed by atoms with Crippen LogP contribution in [0, 0.1) is 23.2 Å². The van der Waals surface area contributed by atoms with Crippen LogP contribution in [-0.4, -0.2) is 11.1 Å². The van der Waals surface area contributed by atoms with Crippen LogP contribution >= 0.6 is 0 Å². The van der Waals surface area contributed by atoms with Gasteiger partial charge in [-0.15, -0.1) is 0 Å². The SMILES string of the molecule is C[C@@H]1[C@H](CCC(=O)O)CC(C)(C)[C@H]1C. The molecule has 0 bridgehead atoms. The van der Waals surface area contributed by atoms with Gasteiger partial charge in [0.2, 0.25) is 0 Å². The number of rotatable bonds is 3. The molecule has 2 heteroatoms. The number of carboxylic acid groups (broad SMARTS) is 1. The minimum absolute atomic E-state index is 0.331. The van der Waals surface area contributed by atoms with Gasteiger partial charge in [0.05, 0.1) is 0 Å². The summed E-state index contributed by atoms with van der Waals surface area (Å²) in [6, 6.07) is 0. The second-order valence-electron chi connectivity index (χ2n) is 5.53. The lowest BCUT2D eigenvalue weighted by Crippen LogP contribution is -2.17. The summed E-state index contributed by atoms with van der Waals surface area (Å²) in [7, 11) is 0. The van der Waals surface area contributed by atoms with E-state index < -0.39 is 5.97 Å². The van der Waals surface area contributed by atoms with Crippen molar-refractivity contribution < 1.29 is 9.90 Å². The molecule has 0 aliphatic heterocycles. The highest BCUT2D eigenvalue weighted by atomic mass is 16.4. The first kappa shape index (κ1) is 11.5. The molecular formula is C12H22O2. The maximum Gasteiger partial charge on any atom is 0.303 e. The summed E-state index contributed by atoms with van der Waals surface area (Å²) in [5, 5.41) is 8.66. The highest BCUT2D eigenvalue weighted by molar-refractivity contribution is 5.66. The molecule has 14 heavy (non-hydrogen) atoms. The highest BCUT2D eigenvalue weighted by Crippen LogP contribution is 2.50. The number of carboxylic acids is 1. The Hall–Kier alpha value is -0.530. The maximum atomic E-state index is 10.5. The van der Waals surface area contributed by atoms with Crippen LogP contribution in [0.4, 0.5) is 0 Å². The summed E-state index contributed by atoms with van der Waals surface area (Å²) in [5.41, 5.74) is 0.391. The van der Waals surface area contributed by atoms with Crippen LogP contribution in [0.15, 0.2) is 0 Å². The first-order valence-electron chi connectivity index (χ1n) is 5.56. The number of carbonyl (C=O) groups is 1. The van der Waals surface area contributed by atoms with E-state index in [4.69, 9.17) is 5.11 Å². The Balaban J connectivity index is 2.53. The summed E-state index contributed by atoms with van der Waals surface area (Å²) >= 11 is 0. The van der Waals surface area contributed by atoms with Crippen molar-refractivity contribution in [3.63, 3.8) is 0 Å². The van der Waals surface area contributed by atoms with Gasteiger partial charge in [-0.25, -0.2) is 0 Å². The first-order valence-corrected chi connectivity index (χ1v) is 5.56. The molecule has 0 radical (unpaired) electrons. The number of aliphatic carboxylic acids is 1. The summed E-state index contributed by atoms with van der Waals surface area (Å²) in [4.78, 5) is 10.5. The molecule has 3 atom stereocenters. The van der Waals surface area contributed by atoms with E-state index in [0.717, 1.165) is 6.42 Å². The van der Waals surface area contributed by atoms with Crippen molar-refractivity contribution in [2.45, 2.75) is 47.0 Å². The second-order valence-corrected chi connectivity index (χ2v) is 5.53. The smallest absolute Gasteiger partial charge is 0.303 e. The quantitative estimate of drug-likeness (QED) is 0.756. The zero-order valence-corrected chi connectivity index (χ0v) is 9.71. The maximum absolute atomic E-state index is 10.5. The summed E-state index contributed by atoms with van der Waals surface area (Å²) < 4.78 is 0. The Labute approximate surface area is 86.7 Å². The minimum Gasteiger partial charge on any atom is -0.481 e. The molecule has 0 aromatic heterocycles.